The number of rotatable bonds is 8. The van der Waals surface area contributed by atoms with E-state index in [9.17, 15) is 5.11 Å². The highest BCUT2D eigenvalue weighted by atomic mass is 16.3. The molecule has 1 aliphatic heterocycles. The summed E-state index contributed by atoms with van der Waals surface area (Å²) in [6.45, 7) is 12.4. The van der Waals surface area contributed by atoms with Crippen molar-refractivity contribution in [3.05, 3.63) is 107 Å². The minimum absolute atomic E-state index is 0.209. The molecule has 186 valence electrons. The fraction of sp³-hybridized carbons (Fsp3) is 0.455. The second kappa shape index (κ2) is 11.1. The first-order chi connectivity index (χ1) is 16.8. The van der Waals surface area contributed by atoms with Gasteiger partial charge in [-0.25, -0.2) is 0 Å². The maximum atomic E-state index is 12.1. The molecule has 0 radical (unpaired) electrons. The van der Waals surface area contributed by atoms with Crippen molar-refractivity contribution in [1.29, 1.82) is 0 Å². The fourth-order valence-electron chi connectivity index (χ4n) is 5.70. The van der Waals surface area contributed by atoms with Crippen LogP contribution in [0.2, 0.25) is 0 Å². The second-order valence-corrected chi connectivity index (χ2v) is 11.5. The van der Waals surface area contributed by atoms with Gasteiger partial charge in [-0.3, -0.25) is 0 Å². The SMILES string of the molecule is CC(CCCN1CCC(C(O)(c2ccccc2)c2ccccc2)CC1)c1ccc(C(C)(C)C)cc1. The zero-order valence-corrected chi connectivity index (χ0v) is 22.1. The van der Waals surface area contributed by atoms with Crippen molar-refractivity contribution in [1.82, 2.24) is 4.90 Å². The number of aliphatic hydroxyl groups is 1. The number of nitrogens with zero attached hydrogens (tertiary/aromatic N) is 1. The van der Waals surface area contributed by atoms with E-state index in [4.69, 9.17) is 0 Å². The van der Waals surface area contributed by atoms with Crippen LogP contribution in [0.5, 0.6) is 0 Å². The fourth-order valence-corrected chi connectivity index (χ4v) is 5.70. The van der Waals surface area contributed by atoms with Crippen molar-refractivity contribution in [2.75, 3.05) is 19.6 Å². The highest BCUT2D eigenvalue weighted by Gasteiger charge is 2.41. The molecule has 35 heavy (non-hydrogen) atoms. The van der Waals surface area contributed by atoms with Crippen LogP contribution in [0.25, 0.3) is 0 Å². The van der Waals surface area contributed by atoms with E-state index in [1.807, 2.05) is 36.4 Å². The first-order valence-electron chi connectivity index (χ1n) is 13.4. The topological polar surface area (TPSA) is 23.5 Å². The molecular formula is C33H43NO. The molecule has 1 heterocycles. The van der Waals surface area contributed by atoms with E-state index in [2.05, 4.69) is 81.1 Å². The predicted molar refractivity (Wildman–Crippen MR) is 148 cm³/mol. The summed E-state index contributed by atoms with van der Waals surface area (Å²) in [5.74, 6) is 0.812. The minimum Gasteiger partial charge on any atom is -0.380 e. The maximum Gasteiger partial charge on any atom is 0.117 e. The Balaban J connectivity index is 1.32. The van der Waals surface area contributed by atoms with Crippen LogP contribution < -0.4 is 0 Å². The summed E-state index contributed by atoms with van der Waals surface area (Å²) < 4.78 is 0. The Kier molecular flexibility index (Phi) is 8.14. The molecule has 0 amide bonds. The third-order valence-electron chi connectivity index (χ3n) is 8.06. The Morgan fingerprint density at radius 2 is 1.29 bits per heavy atom. The largest absolute Gasteiger partial charge is 0.380 e. The van der Waals surface area contributed by atoms with Crippen LogP contribution in [0.3, 0.4) is 0 Å². The van der Waals surface area contributed by atoms with Crippen molar-refractivity contribution >= 4 is 0 Å². The van der Waals surface area contributed by atoms with Gasteiger partial charge in [-0.05, 0) is 84.8 Å². The lowest BCUT2D eigenvalue weighted by atomic mass is 9.72. The first-order valence-corrected chi connectivity index (χ1v) is 13.4. The number of hydrogen-bond acceptors (Lipinski definition) is 2. The zero-order valence-electron chi connectivity index (χ0n) is 22.1. The van der Waals surface area contributed by atoms with Gasteiger partial charge in [0.05, 0.1) is 0 Å². The molecular weight excluding hydrogens is 426 g/mol. The predicted octanol–water partition coefficient (Wildman–Crippen LogP) is 7.52. The van der Waals surface area contributed by atoms with Gasteiger partial charge in [0.2, 0.25) is 0 Å². The summed E-state index contributed by atoms with van der Waals surface area (Å²) >= 11 is 0. The average Bonchev–Trinajstić information content (AvgIpc) is 2.89. The van der Waals surface area contributed by atoms with Gasteiger partial charge in [-0.15, -0.1) is 0 Å². The quantitative estimate of drug-likeness (QED) is 0.369. The van der Waals surface area contributed by atoms with Gasteiger partial charge in [0.15, 0.2) is 0 Å². The standard InChI is InChI=1S/C33H43NO/c1-26(27-17-19-28(20-18-27)32(2,3)4)12-11-23-34-24-21-31(22-25-34)33(35,29-13-7-5-8-14-29)30-15-9-6-10-16-30/h5-10,13-20,26,31,35H,11-12,21-25H2,1-4H3. The Morgan fingerprint density at radius 1 is 0.771 bits per heavy atom. The van der Waals surface area contributed by atoms with E-state index in [1.54, 1.807) is 0 Å². The van der Waals surface area contributed by atoms with Crippen molar-refractivity contribution in [3.8, 4) is 0 Å². The molecule has 0 saturated carbocycles. The molecule has 3 aromatic rings. The van der Waals surface area contributed by atoms with Crippen LogP contribution in [0.15, 0.2) is 84.9 Å². The minimum atomic E-state index is -0.928. The number of benzene rings is 3. The van der Waals surface area contributed by atoms with Gasteiger partial charge < -0.3 is 10.0 Å². The van der Waals surface area contributed by atoms with Crippen LogP contribution >= 0.6 is 0 Å². The monoisotopic (exact) mass is 469 g/mol. The molecule has 0 aromatic heterocycles. The lowest BCUT2D eigenvalue weighted by Crippen LogP contribution is -2.44. The summed E-state index contributed by atoms with van der Waals surface area (Å²) in [7, 11) is 0. The molecule has 1 fully saturated rings. The van der Waals surface area contributed by atoms with Gasteiger partial charge in [0, 0.05) is 0 Å². The van der Waals surface area contributed by atoms with Crippen molar-refractivity contribution in [3.63, 3.8) is 0 Å². The first kappa shape index (κ1) is 25.7. The molecule has 4 rings (SSSR count). The van der Waals surface area contributed by atoms with Gasteiger partial charge in [0.1, 0.15) is 5.60 Å². The molecule has 2 heteroatoms. The maximum absolute atomic E-state index is 12.1. The van der Waals surface area contributed by atoms with Gasteiger partial charge in [-0.1, -0.05) is 113 Å². The third-order valence-corrected chi connectivity index (χ3v) is 8.06. The van der Waals surface area contributed by atoms with E-state index in [-0.39, 0.29) is 11.3 Å². The molecule has 1 N–H and O–H groups in total. The van der Waals surface area contributed by atoms with Crippen LogP contribution in [-0.4, -0.2) is 29.6 Å². The molecule has 1 unspecified atom stereocenters. The van der Waals surface area contributed by atoms with Crippen molar-refractivity contribution in [2.45, 2.75) is 70.3 Å². The van der Waals surface area contributed by atoms with Crippen molar-refractivity contribution in [2.24, 2.45) is 5.92 Å². The Morgan fingerprint density at radius 3 is 1.77 bits per heavy atom. The zero-order chi connectivity index (χ0) is 24.9. The van der Waals surface area contributed by atoms with Crippen LogP contribution in [0.4, 0.5) is 0 Å². The molecule has 0 bridgehead atoms. The highest BCUT2D eigenvalue weighted by Crippen LogP contribution is 2.42. The van der Waals surface area contributed by atoms with Gasteiger partial charge in [-0.2, -0.15) is 0 Å². The Bertz CT molecular complexity index is 988. The second-order valence-electron chi connectivity index (χ2n) is 11.5. The van der Waals surface area contributed by atoms with Gasteiger partial charge >= 0.3 is 0 Å². The van der Waals surface area contributed by atoms with Gasteiger partial charge in [0.25, 0.3) is 0 Å². The van der Waals surface area contributed by atoms with Crippen LogP contribution in [0.1, 0.15) is 81.5 Å². The molecule has 2 nitrogen and oxygen atoms in total. The summed E-state index contributed by atoms with van der Waals surface area (Å²) in [5, 5.41) is 12.1. The normalized spacial score (nSPS) is 16.8. The number of hydrogen-bond donors (Lipinski definition) is 1. The molecule has 1 atom stereocenters. The van der Waals surface area contributed by atoms with Crippen LogP contribution in [0, 0.1) is 5.92 Å². The molecule has 0 aliphatic carbocycles. The number of piperidine rings is 1. The number of likely N-dealkylation sites (tertiary alicyclic amines) is 1. The Labute approximate surface area is 213 Å². The lowest BCUT2D eigenvalue weighted by molar-refractivity contribution is -0.0143. The van der Waals surface area contributed by atoms with E-state index >= 15 is 0 Å². The molecule has 0 spiro atoms. The van der Waals surface area contributed by atoms with E-state index in [0.717, 1.165) is 43.6 Å². The average molecular weight is 470 g/mol. The Hall–Kier alpha value is -2.42. The molecule has 3 aromatic carbocycles. The third kappa shape index (κ3) is 6.05. The highest BCUT2D eigenvalue weighted by molar-refractivity contribution is 5.37. The van der Waals surface area contributed by atoms with E-state index in [0.29, 0.717) is 5.92 Å². The van der Waals surface area contributed by atoms with E-state index in [1.165, 1.54) is 24.0 Å². The van der Waals surface area contributed by atoms with Crippen LogP contribution in [-0.2, 0) is 11.0 Å². The summed E-state index contributed by atoms with van der Waals surface area (Å²) in [6, 6.07) is 29.8. The molecule has 1 saturated heterocycles. The summed E-state index contributed by atoms with van der Waals surface area (Å²) in [6.07, 6.45) is 4.47. The lowest BCUT2D eigenvalue weighted by Gasteiger charge is -2.42. The molecule has 1 aliphatic rings. The summed E-state index contributed by atoms with van der Waals surface area (Å²) in [4.78, 5) is 2.60. The summed E-state index contributed by atoms with van der Waals surface area (Å²) in [5.41, 5.74) is 4.16. The van der Waals surface area contributed by atoms with Crippen molar-refractivity contribution < 1.29 is 5.11 Å². The van der Waals surface area contributed by atoms with E-state index < -0.39 is 5.60 Å². The smallest absolute Gasteiger partial charge is 0.117 e.